The number of pyridine rings is 1. The zero-order chi connectivity index (χ0) is 18.4. The van der Waals surface area contributed by atoms with Crippen LogP contribution in [0.4, 0.5) is 5.69 Å². The lowest BCUT2D eigenvalue weighted by Gasteiger charge is -2.16. The summed E-state index contributed by atoms with van der Waals surface area (Å²) in [5.74, 6) is -0.805. The van der Waals surface area contributed by atoms with Gasteiger partial charge in [-0.05, 0) is 30.3 Å². The summed E-state index contributed by atoms with van der Waals surface area (Å²) < 4.78 is 5.12. The van der Waals surface area contributed by atoms with Gasteiger partial charge in [0.25, 0.3) is 11.8 Å². The lowest BCUT2D eigenvalue weighted by molar-refractivity contribution is 0.0689. The zero-order valence-corrected chi connectivity index (χ0v) is 14.3. The van der Waals surface area contributed by atoms with Gasteiger partial charge in [-0.2, -0.15) is 5.01 Å². The monoisotopic (exact) mass is 369 g/mol. The third-order valence-corrected chi connectivity index (χ3v) is 4.34. The number of ether oxygens (including phenoxy) is 1. The van der Waals surface area contributed by atoms with Crippen molar-refractivity contribution < 1.29 is 14.3 Å². The van der Waals surface area contributed by atoms with Gasteiger partial charge in [-0.15, -0.1) is 0 Å². The molecule has 0 radical (unpaired) electrons. The molecule has 0 unspecified atom stereocenters. The smallest absolute Gasteiger partial charge is 0.297 e. The maximum Gasteiger partial charge on any atom is 0.297 e. The second kappa shape index (κ2) is 5.89. The molecule has 0 aliphatic carbocycles. The number of aromatic nitrogens is 1. The first kappa shape index (κ1) is 16.2. The number of carbonyl (C=O) groups is 2. The van der Waals surface area contributed by atoms with Gasteiger partial charge >= 0.3 is 0 Å². The van der Waals surface area contributed by atoms with Gasteiger partial charge in [0.15, 0.2) is 0 Å². The summed E-state index contributed by atoms with van der Waals surface area (Å²) in [6, 6.07) is 11.3. The lowest BCUT2D eigenvalue weighted by atomic mass is 10.1. The van der Waals surface area contributed by atoms with E-state index in [0.717, 1.165) is 5.01 Å². The van der Waals surface area contributed by atoms with Gasteiger partial charge in [0.1, 0.15) is 17.0 Å². The van der Waals surface area contributed by atoms with Crippen molar-refractivity contribution in [2.24, 2.45) is 0 Å². The number of hydrogen-bond acceptors (Lipinski definition) is 5. The molecule has 0 saturated heterocycles. The van der Waals surface area contributed by atoms with Gasteiger partial charge in [-0.25, -0.2) is 0 Å². The van der Waals surface area contributed by atoms with Crippen molar-refractivity contribution in [1.82, 2.24) is 9.99 Å². The number of hydrogen-bond donors (Lipinski definition) is 2. The van der Waals surface area contributed by atoms with E-state index in [1.165, 1.54) is 19.2 Å². The number of carbonyl (C=O) groups excluding carboxylic acids is 2. The first-order valence-electron chi connectivity index (χ1n) is 7.64. The third-order valence-electron chi connectivity index (χ3n) is 4.11. The van der Waals surface area contributed by atoms with E-state index in [1.54, 1.807) is 30.3 Å². The van der Waals surface area contributed by atoms with Crippen LogP contribution in [0.5, 0.6) is 5.75 Å². The number of H-pyrrole nitrogens is 1. The largest absolute Gasteiger partial charge is 0.497 e. The summed E-state index contributed by atoms with van der Waals surface area (Å²) >= 11 is 5.94. The van der Waals surface area contributed by atoms with E-state index in [9.17, 15) is 14.4 Å². The number of methoxy groups -OCH3 is 1. The Morgan fingerprint density at radius 2 is 1.88 bits per heavy atom. The van der Waals surface area contributed by atoms with Crippen molar-refractivity contribution in [3.05, 3.63) is 69.0 Å². The third kappa shape index (κ3) is 2.41. The van der Waals surface area contributed by atoms with Crippen LogP contribution >= 0.6 is 11.6 Å². The molecule has 4 rings (SSSR count). The minimum atomic E-state index is -0.717. The number of aromatic amines is 1. The molecule has 0 spiro atoms. The molecule has 0 saturated carbocycles. The molecule has 1 aliphatic rings. The molecule has 8 heteroatoms. The summed E-state index contributed by atoms with van der Waals surface area (Å²) in [5, 5.41) is 1.51. The fraction of sp³-hybridized carbons (Fsp3) is 0.0556. The molecule has 26 heavy (non-hydrogen) atoms. The molecular formula is C18H12ClN3O4. The van der Waals surface area contributed by atoms with Crippen LogP contribution in [0.3, 0.4) is 0 Å². The lowest BCUT2D eigenvalue weighted by Crippen LogP contribution is -2.36. The van der Waals surface area contributed by atoms with Crippen LogP contribution in [0.2, 0.25) is 5.02 Å². The van der Waals surface area contributed by atoms with E-state index in [1.807, 2.05) is 0 Å². The van der Waals surface area contributed by atoms with E-state index in [4.69, 9.17) is 16.3 Å². The summed E-state index contributed by atoms with van der Waals surface area (Å²) in [4.78, 5) is 40.8. The maximum atomic E-state index is 12.7. The second-order valence-electron chi connectivity index (χ2n) is 5.68. The first-order chi connectivity index (χ1) is 12.5. The Balaban J connectivity index is 1.79. The van der Waals surface area contributed by atoms with E-state index in [-0.39, 0.29) is 16.6 Å². The van der Waals surface area contributed by atoms with E-state index in [0.29, 0.717) is 22.0 Å². The number of fused-ring (bicyclic) bond motifs is 2. The average Bonchev–Trinajstić information content (AvgIpc) is 2.86. The number of nitrogens with one attached hydrogen (secondary N) is 2. The number of halogens is 1. The number of nitrogens with zero attached hydrogens (tertiary/aromatic N) is 1. The maximum absolute atomic E-state index is 12.7. The fourth-order valence-corrected chi connectivity index (χ4v) is 3.04. The van der Waals surface area contributed by atoms with Crippen LogP contribution in [0, 0.1) is 0 Å². The molecule has 0 atom stereocenters. The van der Waals surface area contributed by atoms with Crippen LogP contribution in [0.15, 0.2) is 47.3 Å². The number of anilines is 1. The Labute approximate surface area is 152 Å². The minimum Gasteiger partial charge on any atom is -0.497 e. The topological polar surface area (TPSA) is 91.5 Å². The number of rotatable bonds is 3. The Hall–Kier alpha value is -3.32. The van der Waals surface area contributed by atoms with Crippen molar-refractivity contribution in [3.8, 4) is 5.75 Å². The SMILES string of the molecule is COc1cccc(NN2C(=O)c3[nH]c4cc(Cl)ccc4c(=O)c3C2=O)c1. The molecule has 2 aromatic carbocycles. The van der Waals surface area contributed by atoms with Crippen molar-refractivity contribution in [3.63, 3.8) is 0 Å². The standard InChI is InChI=1S/C18H12ClN3O4/c1-26-11-4-2-3-10(8-11)21-22-17(24)14-15(18(22)25)20-13-7-9(19)5-6-12(13)16(14)23/h2-8,21H,1H3,(H,20,23). The molecule has 2 amide bonds. The average molecular weight is 370 g/mol. The molecule has 7 nitrogen and oxygen atoms in total. The minimum absolute atomic E-state index is 0.0647. The van der Waals surface area contributed by atoms with E-state index in [2.05, 4.69) is 10.4 Å². The molecule has 3 aromatic rings. The Kier molecular flexibility index (Phi) is 3.66. The summed E-state index contributed by atoms with van der Waals surface area (Å²) in [6.07, 6.45) is 0. The van der Waals surface area contributed by atoms with Crippen LogP contribution in [0.1, 0.15) is 20.8 Å². The highest BCUT2D eigenvalue weighted by molar-refractivity contribution is 6.31. The predicted octanol–water partition coefficient (Wildman–Crippen LogP) is 2.81. The quantitative estimate of drug-likeness (QED) is 0.693. The van der Waals surface area contributed by atoms with Crippen molar-refractivity contribution in [2.75, 3.05) is 12.5 Å². The van der Waals surface area contributed by atoms with E-state index < -0.39 is 17.2 Å². The van der Waals surface area contributed by atoms with Crippen LogP contribution in [0.25, 0.3) is 10.9 Å². The highest BCUT2D eigenvalue weighted by Gasteiger charge is 2.39. The van der Waals surface area contributed by atoms with Crippen molar-refractivity contribution in [1.29, 1.82) is 0 Å². The van der Waals surface area contributed by atoms with Crippen LogP contribution < -0.4 is 15.6 Å². The molecule has 0 bridgehead atoms. The van der Waals surface area contributed by atoms with Gasteiger partial charge in [-0.1, -0.05) is 17.7 Å². The normalized spacial score (nSPS) is 13.2. The van der Waals surface area contributed by atoms with E-state index >= 15 is 0 Å². The van der Waals surface area contributed by atoms with Crippen LogP contribution in [-0.4, -0.2) is 28.9 Å². The Bertz CT molecular complexity index is 1140. The van der Waals surface area contributed by atoms with Gasteiger partial charge < -0.3 is 9.72 Å². The van der Waals surface area contributed by atoms with Gasteiger partial charge in [0, 0.05) is 16.5 Å². The van der Waals surface area contributed by atoms with Crippen molar-refractivity contribution >= 4 is 40.0 Å². The number of amides is 2. The Morgan fingerprint density at radius 3 is 2.65 bits per heavy atom. The molecule has 2 heterocycles. The highest BCUT2D eigenvalue weighted by Crippen LogP contribution is 2.25. The number of hydrazine groups is 1. The predicted molar refractivity (Wildman–Crippen MR) is 96.7 cm³/mol. The summed E-state index contributed by atoms with van der Waals surface area (Å²) in [6.45, 7) is 0. The first-order valence-corrected chi connectivity index (χ1v) is 8.02. The molecule has 0 fully saturated rings. The van der Waals surface area contributed by atoms with Gasteiger partial charge in [0.2, 0.25) is 5.43 Å². The van der Waals surface area contributed by atoms with Crippen LogP contribution in [-0.2, 0) is 0 Å². The fourth-order valence-electron chi connectivity index (χ4n) is 2.87. The molecular weight excluding hydrogens is 358 g/mol. The van der Waals surface area contributed by atoms with Gasteiger partial charge in [-0.3, -0.25) is 19.8 Å². The summed E-state index contributed by atoms with van der Waals surface area (Å²) in [5.41, 5.74) is 2.82. The molecule has 2 N–H and O–H groups in total. The molecule has 1 aromatic heterocycles. The zero-order valence-electron chi connectivity index (χ0n) is 13.5. The highest BCUT2D eigenvalue weighted by atomic mass is 35.5. The van der Waals surface area contributed by atoms with Crippen molar-refractivity contribution in [2.45, 2.75) is 0 Å². The Morgan fingerprint density at radius 1 is 1.08 bits per heavy atom. The molecule has 1 aliphatic heterocycles. The molecule has 130 valence electrons. The number of benzene rings is 2. The number of imide groups is 1. The second-order valence-corrected chi connectivity index (χ2v) is 6.12. The van der Waals surface area contributed by atoms with Gasteiger partial charge in [0.05, 0.1) is 18.3 Å². The summed E-state index contributed by atoms with van der Waals surface area (Å²) in [7, 11) is 1.51.